The molecule has 148 valence electrons. The fourth-order valence-electron chi connectivity index (χ4n) is 4.31. The van der Waals surface area contributed by atoms with Crippen LogP contribution in [-0.2, 0) is 6.42 Å². The number of anilines is 1. The van der Waals surface area contributed by atoms with Gasteiger partial charge in [0.15, 0.2) is 0 Å². The van der Waals surface area contributed by atoms with Crippen molar-refractivity contribution in [3.63, 3.8) is 0 Å². The number of nitrogens with one attached hydrogen (secondary N) is 1. The van der Waals surface area contributed by atoms with E-state index in [2.05, 4.69) is 36.5 Å². The molecule has 0 aromatic heterocycles. The van der Waals surface area contributed by atoms with Gasteiger partial charge in [-0.05, 0) is 24.5 Å². The average Bonchev–Trinajstić information content (AvgIpc) is 3.07. The van der Waals surface area contributed by atoms with Gasteiger partial charge in [0.2, 0.25) is 0 Å². The van der Waals surface area contributed by atoms with Gasteiger partial charge in [-0.2, -0.15) is 0 Å². The molecule has 0 fully saturated rings. The molecule has 0 spiro atoms. The molecule has 1 aromatic rings. The van der Waals surface area contributed by atoms with Crippen molar-refractivity contribution < 1.29 is 0 Å². The van der Waals surface area contributed by atoms with Gasteiger partial charge in [0.1, 0.15) is 0 Å². The normalized spacial score (nSPS) is 15.8. The van der Waals surface area contributed by atoms with E-state index in [1.54, 1.807) is 0 Å². The van der Waals surface area contributed by atoms with E-state index in [1.165, 1.54) is 120 Å². The number of fused-ring (bicyclic) bond motifs is 1. The van der Waals surface area contributed by atoms with E-state index in [0.29, 0.717) is 6.04 Å². The highest BCUT2D eigenvalue weighted by Crippen LogP contribution is 2.27. The number of hydrogen-bond donors (Lipinski definition) is 1. The molecule has 1 N–H and O–H groups in total. The van der Waals surface area contributed by atoms with Crippen LogP contribution in [0.4, 0.5) is 5.69 Å². The van der Waals surface area contributed by atoms with Crippen LogP contribution < -0.4 is 5.32 Å². The molecule has 1 heterocycles. The molecule has 1 heteroatoms. The minimum Gasteiger partial charge on any atom is -0.382 e. The summed E-state index contributed by atoms with van der Waals surface area (Å²) in [6.07, 6.45) is 24.3. The fraction of sp³-hybridized carbons (Fsp3) is 0.760. The smallest absolute Gasteiger partial charge is 0.0375 e. The zero-order valence-electron chi connectivity index (χ0n) is 17.4. The maximum Gasteiger partial charge on any atom is 0.0375 e. The van der Waals surface area contributed by atoms with E-state index in [1.807, 2.05) is 0 Å². The van der Waals surface area contributed by atoms with E-state index in [0.717, 1.165) is 0 Å². The summed E-state index contributed by atoms with van der Waals surface area (Å²) in [4.78, 5) is 0. The molecule has 0 radical (unpaired) electrons. The molecule has 0 bridgehead atoms. The van der Waals surface area contributed by atoms with Gasteiger partial charge >= 0.3 is 0 Å². The van der Waals surface area contributed by atoms with Gasteiger partial charge in [0.25, 0.3) is 0 Å². The van der Waals surface area contributed by atoms with Crippen LogP contribution in [0.15, 0.2) is 24.3 Å². The van der Waals surface area contributed by atoms with Gasteiger partial charge in [0.05, 0.1) is 0 Å². The third-order valence-corrected chi connectivity index (χ3v) is 6.00. The maximum absolute atomic E-state index is 3.68. The first-order valence-electron chi connectivity index (χ1n) is 11.7. The van der Waals surface area contributed by atoms with Gasteiger partial charge in [-0.15, -0.1) is 0 Å². The molecule has 0 saturated carbocycles. The molecule has 1 aliphatic heterocycles. The van der Waals surface area contributed by atoms with E-state index in [9.17, 15) is 0 Å². The fourth-order valence-corrected chi connectivity index (χ4v) is 4.31. The number of rotatable bonds is 16. The molecule has 1 aliphatic rings. The second-order valence-corrected chi connectivity index (χ2v) is 8.44. The van der Waals surface area contributed by atoms with Gasteiger partial charge in [-0.25, -0.2) is 0 Å². The van der Waals surface area contributed by atoms with E-state index >= 15 is 0 Å². The first-order chi connectivity index (χ1) is 12.9. The monoisotopic (exact) mass is 357 g/mol. The Bertz CT molecular complexity index is 428. The van der Waals surface area contributed by atoms with Crippen LogP contribution in [0.3, 0.4) is 0 Å². The Balaban J connectivity index is 1.29. The van der Waals surface area contributed by atoms with Crippen molar-refractivity contribution in [1.82, 2.24) is 0 Å². The van der Waals surface area contributed by atoms with Crippen molar-refractivity contribution in [2.45, 2.75) is 122 Å². The highest BCUT2D eigenvalue weighted by Gasteiger charge is 2.18. The summed E-state index contributed by atoms with van der Waals surface area (Å²) < 4.78 is 0. The van der Waals surface area contributed by atoms with Crippen LogP contribution >= 0.6 is 0 Å². The van der Waals surface area contributed by atoms with Crippen molar-refractivity contribution in [2.75, 3.05) is 5.32 Å². The zero-order chi connectivity index (χ0) is 18.3. The highest BCUT2D eigenvalue weighted by molar-refractivity contribution is 5.56. The van der Waals surface area contributed by atoms with Crippen LogP contribution in [0.25, 0.3) is 0 Å². The Kier molecular flexibility index (Phi) is 11.6. The summed E-state index contributed by atoms with van der Waals surface area (Å²) in [5.74, 6) is 0. The predicted octanol–water partition coefficient (Wildman–Crippen LogP) is 8.28. The van der Waals surface area contributed by atoms with Crippen molar-refractivity contribution >= 4 is 5.69 Å². The molecular weight excluding hydrogens is 314 g/mol. The summed E-state index contributed by atoms with van der Waals surface area (Å²) in [6, 6.07) is 9.49. The highest BCUT2D eigenvalue weighted by atomic mass is 14.9. The Morgan fingerprint density at radius 1 is 0.692 bits per heavy atom. The molecule has 0 aliphatic carbocycles. The zero-order valence-corrected chi connectivity index (χ0v) is 17.4. The van der Waals surface area contributed by atoms with Gasteiger partial charge in [-0.3, -0.25) is 0 Å². The first kappa shape index (κ1) is 21.3. The lowest BCUT2D eigenvalue weighted by atomic mass is 10.0. The molecule has 1 unspecified atom stereocenters. The summed E-state index contributed by atoms with van der Waals surface area (Å²) in [5.41, 5.74) is 2.89. The minimum atomic E-state index is 0.689. The lowest BCUT2D eigenvalue weighted by molar-refractivity contribution is 0.523. The van der Waals surface area contributed by atoms with Gasteiger partial charge in [-0.1, -0.05) is 121 Å². The lowest BCUT2D eigenvalue weighted by Crippen LogP contribution is -2.14. The average molecular weight is 358 g/mol. The van der Waals surface area contributed by atoms with Crippen LogP contribution in [0.5, 0.6) is 0 Å². The number of hydrogen-bond acceptors (Lipinski definition) is 1. The minimum absolute atomic E-state index is 0.689. The third-order valence-electron chi connectivity index (χ3n) is 6.00. The summed E-state index contributed by atoms with van der Waals surface area (Å²) in [6.45, 7) is 2.30. The number of benzene rings is 1. The van der Waals surface area contributed by atoms with E-state index in [-0.39, 0.29) is 0 Å². The second-order valence-electron chi connectivity index (χ2n) is 8.44. The largest absolute Gasteiger partial charge is 0.382 e. The molecule has 26 heavy (non-hydrogen) atoms. The van der Waals surface area contributed by atoms with Crippen LogP contribution in [-0.4, -0.2) is 6.04 Å². The molecule has 1 nitrogen and oxygen atoms in total. The van der Waals surface area contributed by atoms with E-state index < -0.39 is 0 Å². The van der Waals surface area contributed by atoms with Crippen LogP contribution in [0.1, 0.15) is 115 Å². The maximum atomic E-state index is 3.68. The molecule has 1 atom stereocenters. The SMILES string of the molecule is CCCCCCCCCCCCCCCCCC1Cc2ccccc2N1. The first-order valence-corrected chi connectivity index (χ1v) is 11.7. The summed E-state index contributed by atoms with van der Waals surface area (Å²) in [7, 11) is 0. The molecule has 2 rings (SSSR count). The van der Waals surface area contributed by atoms with Gasteiger partial charge < -0.3 is 5.32 Å². The Hall–Kier alpha value is -0.980. The number of para-hydroxylation sites is 1. The summed E-state index contributed by atoms with van der Waals surface area (Å²) in [5, 5.41) is 3.68. The lowest BCUT2D eigenvalue weighted by Gasteiger charge is -2.10. The van der Waals surface area contributed by atoms with Crippen molar-refractivity contribution in [2.24, 2.45) is 0 Å². The Labute approximate surface area is 163 Å². The van der Waals surface area contributed by atoms with E-state index in [4.69, 9.17) is 0 Å². The number of unbranched alkanes of at least 4 members (excludes halogenated alkanes) is 14. The standard InChI is InChI=1S/C25H43N/c1-2-3-4-5-6-7-8-9-10-11-12-13-14-15-16-20-24-22-23-19-17-18-21-25(23)26-24/h17-19,21,24,26H,2-16,20,22H2,1H3. The van der Waals surface area contributed by atoms with Crippen molar-refractivity contribution in [3.05, 3.63) is 29.8 Å². The quantitative estimate of drug-likeness (QED) is 0.293. The Morgan fingerprint density at radius 2 is 1.19 bits per heavy atom. The van der Waals surface area contributed by atoms with Crippen molar-refractivity contribution in [1.29, 1.82) is 0 Å². The third kappa shape index (κ3) is 9.10. The molecular formula is C25H43N. The van der Waals surface area contributed by atoms with Crippen LogP contribution in [0.2, 0.25) is 0 Å². The molecule has 1 aromatic carbocycles. The topological polar surface area (TPSA) is 12.0 Å². The van der Waals surface area contributed by atoms with Crippen molar-refractivity contribution in [3.8, 4) is 0 Å². The molecule has 0 saturated heterocycles. The predicted molar refractivity (Wildman–Crippen MR) is 117 cm³/mol. The van der Waals surface area contributed by atoms with Crippen LogP contribution in [0, 0.1) is 0 Å². The van der Waals surface area contributed by atoms with Gasteiger partial charge in [0, 0.05) is 11.7 Å². The summed E-state index contributed by atoms with van der Waals surface area (Å²) >= 11 is 0. The second kappa shape index (κ2) is 14.1. The Morgan fingerprint density at radius 3 is 1.73 bits per heavy atom. The molecule has 0 amide bonds.